The molecule has 2 heterocycles. The number of benzene rings is 2. The van der Waals surface area contributed by atoms with Gasteiger partial charge in [-0.2, -0.15) is 13.2 Å². The molecule has 0 spiro atoms. The number of nitrogens with zero attached hydrogens (tertiary/aromatic N) is 3. The molecule has 6 nitrogen and oxygen atoms in total. The lowest BCUT2D eigenvalue weighted by Gasteiger charge is -2.33. The number of halogens is 5. The molecule has 0 aliphatic carbocycles. The summed E-state index contributed by atoms with van der Waals surface area (Å²) >= 11 is 0. The minimum absolute atomic E-state index is 0.0194. The Kier molecular flexibility index (Phi) is 8.51. The molecule has 1 N–H and O–H groups in total. The average Bonchev–Trinajstić information content (AvgIpc) is 2.88. The molecule has 40 heavy (non-hydrogen) atoms. The van der Waals surface area contributed by atoms with Gasteiger partial charge in [0, 0.05) is 31.1 Å². The molecule has 0 unspecified atom stereocenters. The summed E-state index contributed by atoms with van der Waals surface area (Å²) in [6, 6.07) is 8.97. The maximum absolute atomic E-state index is 14.1. The van der Waals surface area contributed by atoms with E-state index in [0.717, 1.165) is 28.8 Å². The Morgan fingerprint density at radius 3 is 2.15 bits per heavy atom. The number of carbonyl (C=O) groups excluding carboxylic acids is 2. The van der Waals surface area contributed by atoms with Gasteiger partial charge in [-0.25, -0.2) is 18.7 Å². The molecule has 0 bridgehead atoms. The van der Waals surface area contributed by atoms with Crippen molar-refractivity contribution in [2.45, 2.75) is 58.7 Å². The predicted octanol–water partition coefficient (Wildman–Crippen LogP) is 5.58. The van der Waals surface area contributed by atoms with Crippen molar-refractivity contribution in [3.05, 3.63) is 93.1 Å². The van der Waals surface area contributed by atoms with Gasteiger partial charge in [-0.3, -0.25) is 9.59 Å². The Balaban J connectivity index is 1.55. The summed E-state index contributed by atoms with van der Waals surface area (Å²) in [5.74, 6) is -3.76. The van der Waals surface area contributed by atoms with Crippen LogP contribution >= 0.6 is 0 Å². The Morgan fingerprint density at radius 1 is 0.975 bits per heavy atom. The van der Waals surface area contributed by atoms with Gasteiger partial charge >= 0.3 is 6.18 Å². The average molecular weight is 561 g/mol. The van der Waals surface area contributed by atoms with E-state index in [1.165, 1.54) is 17.9 Å². The molecule has 0 radical (unpaired) electrons. The number of carbonyl (C=O) groups is 2. The van der Waals surface area contributed by atoms with Gasteiger partial charge in [-0.15, -0.1) is 0 Å². The fourth-order valence-corrected chi connectivity index (χ4v) is 5.13. The minimum atomic E-state index is -4.89. The molecular formula is C29H29F5N4O2. The fraction of sp³-hybridized carbons (Fsp3) is 0.379. The predicted molar refractivity (Wildman–Crippen MR) is 137 cm³/mol. The molecule has 2 aromatic carbocycles. The number of aryl methyl sites for hydroxylation is 3. The van der Waals surface area contributed by atoms with Crippen LogP contribution in [0.1, 0.15) is 68.6 Å². The summed E-state index contributed by atoms with van der Waals surface area (Å²) in [4.78, 5) is 35.3. The minimum Gasteiger partial charge on any atom is -0.348 e. The molecule has 1 aliphatic rings. The lowest BCUT2D eigenvalue weighted by molar-refractivity contribution is -0.141. The van der Waals surface area contributed by atoms with Crippen molar-refractivity contribution in [1.82, 2.24) is 20.2 Å². The second-order valence-electron chi connectivity index (χ2n) is 10.1. The highest BCUT2D eigenvalue weighted by Gasteiger charge is 2.41. The van der Waals surface area contributed by atoms with E-state index in [4.69, 9.17) is 0 Å². The molecule has 1 aliphatic heterocycles. The summed E-state index contributed by atoms with van der Waals surface area (Å²) in [6.07, 6.45) is -4.93. The van der Waals surface area contributed by atoms with Gasteiger partial charge in [-0.1, -0.05) is 35.4 Å². The number of alkyl halides is 3. The third-order valence-corrected chi connectivity index (χ3v) is 6.90. The fourth-order valence-electron chi connectivity index (χ4n) is 5.13. The zero-order chi connectivity index (χ0) is 29.2. The Labute approximate surface area is 228 Å². The van der Waals surface area contributed by atoms with E-state index < -0.39 is 53.2 Å². The number of rotatable bonds is 6. The van der Waals surface area contributed by atoms with Crippen LogP contribution in [0.4, 0.5) is 22.0 Å². The van der Waals surface area contributed by atoms with E-state index in [2.05, 4.69) is 15.3 Å². The van der Waals surface area contributed by atoms with Crippen LogP contribution < -0.4 is 5.32 Å². The monoisotopic (exact) mass is 560 g/mol. The van der Waals surface area contributed by atoms with Crippen molar-refractivity contribution in [1.29, 1.82) is 0 Å². The topological polar surface area (TPSA) is 75.2 Å². The summed E-state index contributed by atoms with van der Waals surface area (Å²) in [5, 5.41) is 2.59. The largest absolute Gasteiger partial charge is 0.434 e. The highest BCUT2D eigenvalue weighted by molar-refractivity contribution is 5.96. The SMILES string of the molecule is Cc1cc(C)cc(CNC(=O)c2c(C3CCN(C(=O)Cc4c(F)cccc4F)CC3)nc(C)nc2C(F)(F)F)c1. The number of aromatic nitrogens is 2. The maximum Gasteiger partial charge on any atom is 0.434 e. The number of nitrogens with one attached hydrogen (secondary N) is 1. The van der Waals surface area contributed by atoms with E-state index in [1.807, 2.05) is 32.0 Å². The second kappa shape index (κ2) is 11.7. The summed E-state index contributed by atoms with van der Waals surface area (Å²) < 4.78 is 70.2. The molecule has 3 aromatic rings. The summed E-state index contributed by atoms with van der Waals surface area (Å²) in [7, 11) is 0. The Morgan fingerprint density at radius 2 is 1.57 bits per heavy atom. The van der Waals surface area contributed by atoms with Gasteiger partial charge in [0.05, 0.1) is 17.7 Å². The standard InChI is InChI=1S/C29H29F5N4O2/c1-16-11-17(2)13-19(12-16)15-35-28(40)25-26(36-18(3)37-27(25)29(32,33)34)20-7-9-38(10-8-20)24(39)14-21-22(30)5-4-6-23(21)31/h4-6,11-13,20H,7-10,14-15H2,1-3H3,(H,35,40). The first-order valence-corrected chi connectivity index (χ1v) is 12.8. The van der Waals surface area contributed by atoms with Gasteiger partial charge in [0.1, 0.15) is 17.5 Å². The molecular weight excluding hydrogens is 531 g/mol. The molecule has 1 saturated heterocycles. The third kappa shape index (κ3) is 6.63. The molecule has 11 heteroatoms. The van der Waals surface area contributed by atoms with Gasteiger partial charge in [-0.05, 0) is 51.3 Å². The quantitative estimate of drug-likeness (QED) is 0.400. The highest BCUT2D eigenvalue weighted by Crippen LogP contribution is 2.36. The van der Waals surface area contributed by atoms with Crippen LogP contribution in [-0.2, 0) is 23.9 Å². The molecule has 212 valence electrons. The smallest absolute Gasteiger partial charge is 0.348 e. The van der Waals surface area contributed by atoms with Gasteiger partial charge in [0.25, 0.3) is 5.91 Å². The number of hydrogen-bond donors (Lipinski definition) is 1. The molecule has 1 fully saturated rings. The van der Waals surface area contributed by atoms with E-state index in [-0.39, 0.29) is 49.6 Å². The zero-order valence-corrected chi connectivity index (χ0v) is 22.3. The molecule has 2 amide bonds. The first-order valence-electron chi connectivity index (χ1n) is 12.8. The van der Waals surface area contributed by atoms with Crippen LogP contribution in [-0.4, -0.2) is 39.8 Å². The van der Waals surface area contributed by atoms with Crippen molar-refractivity contribution < 1.29 is 31.5 Å². The van der Waals surface area contributed by atoms with E-state index >= 15 is 0 Å². The van der Waals surface area contributed by atoms with Crippen molar-refractivity contribution in [2.24, 2.45) is 0 Å². The number of piperidine rings is 1. The van der Waals surface area contributed by atoms with Gasteiger partial charge in [0.2, 0.25) is 5.91 Å². The molecule has 4 rings (SSSR count). The molecule has 0 saturated carbocycles. The maximum atomic E-state index is 14.1. The molecule has 1 aromatic heterocycles. The normalized spacial score (nSPS) is 14.3. The summed E-state index contributed by atoms with van der Waals surface area (Å²) in [6.45, 7) is 5.39. The number of likely N-dealkylation sites (tertiary alicyclic amines) is 1. The van der Waals surface area contributed by atoms with E-state index in [1.54, 1.807) is 0 Å². The van der Waals surface area contributed by atoms with Crippen LogP contribution in [0.15, 0.2) is 36.4 Å². The van der Waals surface area contributed by atoms with Crippen LogP contribution in [0.3, 0.4) is 0 Å². The number of amides is 2. The van der Waals surface area contributed by atoms with Crippen molar-refractivity contribution in [3.8, 4) is 0 Å². The van der Waals surface area contributed by atoms with Crippen molar-refractivity contribution >= 4 is 11.8 Å². The number of hydrogen-bond acceptors (Lipinski definition) is 4. The van der Waals surface area contributed by atoms with E-state index in [0.29, 0.717) is 0 Å². The summed E-state index contributed by atoms with van der Waals surface area (Å²) in [5.41, 5.74) is 0.370. The first-order chi connectivity index (χ1) is 18.8. The lowest BCUT2D eigenvalue weighted by atomic mass is 9.89. The first kappa shape index (κ1) is 29.1. The van der Waals surface area contributed by atoms with Crippen LogP contribution in [0.25, 0.3) is 0 Å². The Bertz CT molecular complexity index is 1390. The van der Waals surface area contributed by atoms with Crippen LogP contribution in [0.2, 0.25) is 0 Å². The van der Waals surface area contributed by atoms with Crippen LogP contribution in [0, 0.1) is 32.4 Å². The molecule has 0 atom stereocenters. The van der Waals surface area contributed by atoms with Crippen LogP contribution in [0.5, 0.6) is 0 Å². The lowest BCUT2D eigenvalue weighted by Crippen LogP contribution is -2.40. The van der Waals surface area contributed by atoms with Crippen molar-refractivity contribution in [2.75, 3.05) is 13.1 Å². The Hall–Kier alpha value is -3.89. The van der Waals surface area contributed by atoms with Gasteiger partial charge in [0.15, 0.2) is 5.69 Å². The van der Waals surface area contributed by atoms with E-state index in [9.17, 15) is 31.5 Å². The second-order valence-corrected chi connectivity index (χ2v) is 10.1. The van der Waals surface area contributed by atoms with Gasteiger partial charge < -0.3 is 10.2 Å². The highest BCUT2D eigenvalue weighted by atomic mass is 19.4. The third-order valence-electron chi connectivity index (χ3n) is 6.90. The van der Waals surface area contributed by atoms with Crippen molar-refractivity contribution in [3.63, 3.8) is 0 Å². The zero-order valence-electron chi connectivity index (χ0n) is 22.3.